The Morgan fingerprint density at radius 3 is 2.45 bits per heavy atom. The molecule has 0 N–H and O–H groups in total. The van der Waals surface area contributed by atoms with Gasteiger partial charge in [0.1, 0.15) is 6.54 Å². The second-order valence-corrected chi connectivity index (χ2v) is 4.15. The van der Waals surface area contributed by atoms with E-state index in [2.05, 4.69) is 6.07 Å². The van der Waals surface area contributed by atoms with Crippen molar-refractivity contribution in [1.29, 1.82) is 5.26 Å². The number of nitriles is 1. The van der Waals surface area contributed by atoms with E-state index in [1.165, 1.54) is 6.07 Å². The summed E-state index contributed by atoms with van der Waals surface area (Å²) < 4.78 is 12.8. The Bertz CT molecular complexity index is 713. The summed E-state index contributed by atoms with van der Waals surface area (Å²) in [5.41, 5.74) is 0.573. The van der Waals surface area contributed by atoms with Crippen LogP contribution in [0.1, 0.15) is 13.8 Å². The molecule has 0 spiro atoms. The van der Waals surface area contributed by atoms with Gasteiger partial charge in [0.05, 0.1) is 24.8 Å². The van der Waals surface area contributed by atoms with E-state index in [0.29, 0.717) is 35.6 Å². The van der Waals surface area contributed by atoms with Crippen LogP contribution in [-0.2, 0) is 6.54 Å². The van der Waals surface area contributed by atoms with Gasteiger partial charge in [0, 0.05) is 23.7 Å². The summed E-state index contributed by atoms with van der Waals surface area (Å²) in [6.45, 7) is 4.92. The molecule has 5 heteroatoms. The van der Waals surface area contributed by atoms with Gasteiger partial charge in [0.15, 0.2) is 16.9 Å². The van der Waals surface area contributed by atoms with E-state index >= 15 is 0 Å². The van der Waals surface area contributed by atoms with Crippen molar-refractivity contribution in [3.63, 3.8) is 0 Å². The van der Waals surface area contributed by atoms with Crippen LogP contribution in [0.2, 0.25) is 0 Å². The van der Waals surface area contributed by atoms with Gasteiger partial charge in [-0.2, -0.15) is 5.26 Å². The number of nitrogens with zero attached hydrogens (tertiary/aromatic N) is 2. The molecule has 0 amide bonds. The molecular weight excluding hydrogens is 256 g/mol. The molecule has 0 aliphatic carbocycles. The molecule has 1 aromatic heterocycles. The highest BCUT2D eigenvalue weighted by molar-refractivity contribution is 5.83. The molecule has 1 heterocycles. The van der Waals surface area contributed by atoms with Gasteiger partial charge in [-0.1, -0.05) is 0 Å². The first-order valence-corrected chi connectivity index (χ1v) is 6.51. The highest BCUT2D eigenvalue weighted by Gasteiger charge is 2.11. The second-order valence-electron chi connectivity index (χ2n) is 4.15. The van der Waals surface area contributed by atoms with Gasteiger partial charge in [0.25, 0.3) is 0 Å². The minimum Gasteiger partial charge on any atom is -0.490 e. The van der Waals surface area contributed by atoms with Crippen molar-refractivity contribution in [3.8, 4) is 17.6 Å². The quantitative estimate of drug-likeness (QED) is 0.838. The highest BCUT2D eigenvalue weighted by Crippen LogP contribution is 2.31. The standard InChI is InChI=1S/C15H16N2O3/c1-3-19-14-9-11-12(10-15(14)20-4-2)17(8-6-16)7-5-13(11)18/h5,7,9-10H,3-4,8H2,1-2H3. The topological polar surface area (TPSA) is 64.2 Å². The Labute approximate surface area is 117 Å². The maximum Gasteiger partial charge on any atom is 0.189 e. The zero-order chi connectivity index (χ0) is 14.5. The van der Waals surface area contributed by atoms with Crippen molar-refractivity contribution in [1.82, 2.24) is 4.57 Å². The monoisotopic (exact) mass is 272 g/mol. The first-order valence-electron chi connectivity index (χ1n) is 6.51. The number of ether oxygens (including phenoxy) is 2. The summed E-state index contributed by atoms with van der Waals surface area (Å²) in [7, 11) is 0. The second kappa shape index (κ2) is 6.11. The molecule has 0 bridgehead atoms. The maximum atomic E-state index is 12.0. The fourth-order valence-electron chi connectivity index (χ4n) is 2.06. The van der Waals surface area contributed by atoms with Crippen LogP contribution >= 0.6 is 0 Å². The Hall–Kier alpha value is -2.48. The van der Waals surface area contributed by atoms with Crippen LogP contribution in [0, 0.1) is 11.3 Å². The third-order valence-electron chi connectivity index (χ3n) is 2.88. The van der Waals surface area contributed by atoms with Gasteiger partial charge in [-0.15, -0.1) is 0 Å². The maximum absolute atomic E-state index is 12.0. The molecule has 0 radical (unpaired) electrons. The van der Waals surface area contributed by atoms with Crippen LogP contribution in [-0.4, -0.2) is 17.8 Å². The molecule has 0 unspecified atom stereocenters. The lowest BCUT2D eigenvalue weighted by molar-refractivity contribution is 0.288. The predicted molar refractivity (Wildman–Crippen MR) is 76.2 cm³/mol. The fourth-order valence-corrected chi connectivity index (χ4v) is 2.06. The van der Waals surface area contributed by atoms with E-state index in [1.807, 2.05) is 13.8 Å². The predicted octanol–water partition coefficient (Wildman–Crippen LogP) is 2.32. The van der Waals surface area contributed by atoms with Crippen molar-refractivity contribution >= 4 is 10.9 Å². The van der Waals surface area contributed by atoms with Crippen molar-refractivity contribution in [2.45, 2.75) is 20.4 Å². The highest BCUT2D eigenvalue weighted by atomic mass is 16.5. The molecule has 0 aliphatic rings. The Morgan fingerprint density at radius 2 is 1.85 bits per heavy atom. The van der Waals surface area contributed by atoms with E-state index in [0.717, 1.165) is 0 Å². The lowest BCUT2D eigenvalue weighted by Crippen LogP contribution is -2.09. The summed E-state index contributed by atoms with van der Waals surface area (Å²) in [4.78, 5) is 12.0. The number of benzene rings is 1. The molecular formula is C15H16N2O3. The molecule has 0 aliphatic heterocycles. The zero-order valence-electron chi connectivity index (χ0n) is 11.5. The average Bonchev–Trinajstić information content (AvgIpc) is 2.44. The normalized spacial score (nSPS) is 10.2. The largest absolute Gasteiger partial charge is 0.490 e. The van der Waals surface area contributed by atoms with Gasteiger partial charge in [-0.25, -0.2) is 0 Å². The van der Waals surface area contributed by atoms with Crippen molar-refractivity contribution in [2.24, 2.45) is 0 Å². The van der Waals surface area contributed by atoms with Crippen molar-refractivity contribution < 1.29 is 9.47 Å². The summed E-state index contributed by atoms with van der Waals surface area (Å²) in [6, 6.07) is 6.96. The van der Waals surface area contributed by atoms with E-state index < -0.39 is 0 Å². The van der Waals surface area contributed by atoms with Gasteiger partial charge in [0.2, 0.25) is 0 Å². The number of aromatic nitrogens is 1. The molecule has 20 heavy (non-hydrogen) atoms. The summed E-state index contributed by atoms with van der Waals surface area (Å²) in [6.07, 6.45) is 1.62. The first kappa shape index (κ1) is 13.9. The van der Waals surface area contributed by atoms with Crippen LogP contribution < -0.4 is 14.9 Å². The molecule has 5 nitrogen and oxygen atoms in total. The van der Waals surface area contributed by atoms with Crippen LogP contribution in [0.5, 0.6) is 11.5 Å². The van der Waals surface area contributed by atoms with E-state index in [1.54, 1.807) is 22.9 Å². The van der Waals surface area contributed by atoms with E-state index in [4.69, 9.17) is 14.7 Å². The Morgan fingerprint density at radius 1 is 1.20 bits per heavy atom. The third-order valence-corrected chi connectivity index (χ3v) is 2.88. The molecule has 1 aromatic carbocycles. The van der Waals surface area contributed by atoms with Gasteiger partial charge < -0.3 is 14.0 Å². The Balaban J connectivity index is 2.72. The lowest BCUT2D eigenvalue weighted by atomic mass is 10.2. The molecule has 0 saturated heterocycles. The average molecular weight is 272 g/mol. The SMILES string of the molecule is CCOc1cc2c(=O)ccn(CC#N)c2cc1OCC. The molecule has 2 aromatic rings. The van der Waals surface area contributed by atoms with Crippen molar-refractivity contribution in [3.05, 3.63) is 34.6 Å². The van der Waals surface area contributed by atoms with Crippen LogP contribution in [0.3, 0.4) is 0 Å². The number of rotatable bonds is 5. The fraction of sp³-hybridized carbons (Fsp3) is 0.333. The van der Waals surface area contributed by atoms with Gasteiger partial charge in [-0.05, 0) is 19.9 Å². The van der Waals surface area contributed by atoms with E-state index in [-0.39, 0.29) is 12.0 Å². The number of hydrogen-bond donors (Lipinski definition) is 0. The van der Waals surface area contributed by atoms with Gasteiger partial charge >= 0.3 is 0 Å². The number of pyridine rings is 1. The molecule has 104 valence electrons. The minimum atomic E-state index is -0.0989. The smallest absolute Gasteiger partial charge is 0.189 e. The van der Waals surface area contributed by atoms with E-state index in [9.17, 15) is 4.79 Å². The summed E-state index contributed by atoms with van der Waals surface area (Å²) in [5.74, 6) is 1.13. The van der Waals surface area contributed by atoms with Gasteiger partial charge in [-0.3, -0.25) is 4.79 Å². The zero-order valence-corrected chi connectivity index (χ0v) is 11.5. The molecule has 0 atom stereocenters. The van der Waals surface area contributed by atoms with Crippen LogP contribution in [0.25, 0.3) is 10.9 Å². The first-order chi connectivity index (χ1) is 9.71. The lowest BCUT2D eigenvalue weighted by Gasteiger charge is -2.14. The molecule has 0 saturated carbocycles. The van der Waals surface area contributed by atoms with Crippen LogP contribution in [0.4, 0.5) is 0 Å². The van der Waals surface area contributed by atoms with Crippen molar-refractivity contribution in [2.75, 3.05) is 13.2 Å². The number of fused-ring (bicyclic) bond motifs is 1. The third kappa shape index (κ3) is 2.59. The summed E-state index contributed by atoms with van der Waals surface area (Å²) in [5, 5.41) is 9.38. The number of hydrogen-bond acceptors (Lipinski definition) is 4. The Kier molecular flexibility index (Phi) is 4.26. The molecule has 0 fully saturated rings. The van der Waals surface area contributed by atoms with Crippen LogP contribution in [0.15, 0.2) is 29.2 Å². The molecule has 2 rings (SSSR count). The minimum absolute atomic E-state index is 0.0989. The summed E-state index contributed by atoms with van der Waals surface area (Å²) >= 11 is 0.